The SMILES string of the molecule is [CH2]C1(C)CCCCC1([CH2])C. The molecule has 1 aliphatic rings. The van der Waals surface area contributed by atoms with Gasteiger partial charge in [-0.25, -0.2) is 0 Å². The van der Waals surface area contributed by atoms with E-state index in [0.717, 1.165) is 0 Å². The highest BCUT2D eigenvalue weighted by molar-refractivity contribution is 4.98. The van der Waals surface area contributed by atoms with E-state index >= 15 is 0 Å². The van der Waals surface area contributed by atoms with Gasteiger partial charge in [-0.3, -0.25) is 0 Å². The lowest BCUT2D eigenvalue weighted by atomic mass is 9.60. The highest BCUT2D eigenvalue weighted by Crippen LogP contribution is 2.48. The molecule has 0 N–H and O–H groups in total. The summed E-state index contributed by atoms with van der Waals surface area (Å²) in [5.41, 5.74) is 0.427. The van der Waals surface area contributed by atoms with E-state index in [1.807, 2.05) is 0 Å². The molecular weight excluding hydrogens is 120 g/mol. The van der Waals surface area contributed by atoms with E-state index in [4.69, 9.17) is 0 Å². The maximum atomic E-state index is 4.22. The zero-order valence-corrected chi connectivity index (χ0v) is 7.24. The molecule has 0 spiro atoms. The summed E-state index contributed by atoms with van der Waals surface area (Å²) in [6.45, 7) is 12.9. The van der Waals surface area contributed by atoms with Crippen LogP contribution in [0, 0.1) is 24.7 Å². The van der Waals surface area contributed by atoms with Crippen LogP contribution in [0.2, 0.25) is 0 Å². The first-order chi connectivity index (χ1) is 4.46. The first-order valence-corrected chi connectivity index (χ1v) is 4.16. The second-order valence-electron chi connectivity index (χ2n) is 4.33. The van der Waals surface area contributed by atoms with Crippen molar-refractivity contribution in [3.63, 3.8) is 0 Å². The third-order valence-corrected chi connectivity index (χ3v) is 3.16. The predicted molar refractivity (Wildman–Crippen MR) is 45.4 cm³/mol. The van der Waals surface area contributed by atoms with Gasteiger partial charge >= 0.3 is 0 Å². The molecule has 0 aromatic carbocycles. The van der Waals surface area contributed by atoms with E-state index < -0.39 is 0 Å². The van der Waals surface area contributed by atoms with E-state index in [-0.39, 0.29) is 10.8 Å². The topological polar surface area (TPSA) is 0 Å². The fourth-order valence-electron chi connectivity index (χ4n) is 1.63. The number of hydrogen-bond acceptors (Lipinski definition) is 0. The molecule has 0 bridgehead atoms. The van der Waals surface area contributed by atoms with Gasteiger partial charge in [-0.2, -0.15) is 0 Å². The van der Waals surface area contributed by atoms with Crippen LogP contribution in [0.5, 0.6) is 0 Å². The zero-order chi connectivity index (χ0) is 7.83. The normalized spacial score (nSPS) is 30.0. The van der Waals surface area contributed by atoms with Crippen molar-refractivity contribution in [1.29, 1.82) is 0 Å². The molecule has 2 unspecified atom stereocenters. The molecule has 0 amide bonds. The molecule has 58 valence electrons. The van der Waals surface area contributed by atoms with Gasteiger partial charge in [-0.05, 0) is 37.5 Å². The molecule has 1 fully saturated rings. The lowest BCUT2D eigenvalue weighted by molar-refractivity contribution is 0.105. The van der Waals surface area contributed by atoms with Gasteiger partial charge in [-0.15, -0.1) is 0 Å². The fraction of sp³-hybridized carbons (Fsp3) is 0.800. The van der Waals surface area contributed by atoms with E-state index in [0.29, 0.717) is 0 Å². The zero-order valence-electron chi connectivity index (χ0n) is 7.24. The first-order valence-electron chi connectivity index (χ1n) is 4.16. The Hall–Kier alpha value is 0. The quantitative estimate of drug-likeness (QED) is 0.482. The highest BCUT2D eigenvalue weighted by atomic mass is 14.4. The molecule has 2 atom stereocenters. The smallest absolute Gasteiger partial charge is 0.0272 e. The van der Waals surface area contributed by atoms with Crippen LogP contribution >= 0.6 is 0 Å². The van der Waals surface area contributed by atoms with Crippen molar-refractivity contribution in [1.82, 2.24) is 0 Å². The van der Waals surface area contributed by atoms with E-state index in [1.54, 1.807) is 0 Å². The van der Waals surface area contributed by atoms with Crippen LogP contribution in [0.25, 0.3) is 0 Å². The average molecular weight is 138 g/mol. The summed E-state index contributed by atoms with van der Waals surface area (Å²) in [5.74, 6) is 0. The summed E-state index contributed by atoms with van der Waals surface area (Å²) < 4.78 is 0. The number of rotatable bonds is 0. The second-order valence-corrected chi connectivity index (χ2v) is 4.33. The van der Waals surface area contributed by atoms with Crippen molar-refractivity contribution in [2.24, 2.45) is 10.8 Å². The highest BCUT2D eigenvalue weighted by Gasteiger charge is 2.38. The van der Waals surface area contributed by atoms with Crippen LogP contribution in [-0.2, 0) is 0 Å². The summed E-state index contributed by atoms with van der Waals surface area (Å²) in [7, 11) is 0. The average Bonchev–Trinajstić information content (AvgIpc) is 1.77. The Bertz CT molecular complexity index is 104. The Morgan fingerprint density at radius 3 is 1.40 bits per heavy atom. The summed E-state index contributed by atoms with van der Waals surface area (Å²) in [6.07, 6.45) is 5.16. The summed E-state index contributed by atoms with van der Waals surface area (Å²) in [6, 6.07) is 0. The van der Waals surface area contributed by atoms with Gasteiger partial charge in [0.05, 0.1) is 0 Å². The van der Waals surface area contributed by atoms with Crippen LogP contribution < -0.4 is 0 Å². The Morgan fingerprint density at radius 1 is 0.900 bits per heavy atom. The lowest BCUT2D eigenvalue weighted by Crippen LogP contribution is -2.35. The second kappa shape index (κ2) is 2.25. The van der Waals surface area contributed by atoms with Gasteiger partial charge in [-0.1, -0.05) is 26.7 Å². The van der Waals surface area contributed by atoms with Gasteiger partial charge in [0, 0.05) is 0 Å². The van der Waals surface area contributed by atoms with Crippen molar-refractivity contribution in [2.75, 3.05) is 0 Å². The minimum absolute atomic E-state index is 0.214. The van der Waals surface area contributed by atoms with Gasteiger partial charge in [0.1, 0.15) is 0 Å². The van der Waals surface area contributed by atoms with Crippen LogP contribution in [-0.4, -0.2) is 0 Å². The molecule has 10 heavy (non-hydrogen) atoms. The van der Waals surface area contributed by atoms with Crippen LogP contribution in [0.3, 0.4) is 0 Å². The molecule has 0 heteroatoms. The third-order valence-electron chi connectivity index (χ3n) is 3.16. The van der Waals surface area contributed by atoms with Gasteiger partial charge in [0.15, 0.2) is 0 Å². The maximum Gasteiger partial charge on any atom is -0.0272 e. The Kier molecular flexibility index (Phi) is 1.82. The van der Waals surface area contributed by atoms with E-state index in [9.17, 15) is 0 Å². The Balaban J connectivity index is 2.70. The van der Waals surface area contributed by atoms with Crippen molar-refractivity contribution in [3.05, 3.63) is 13.8 Å². The molecule has 1 rings (SSSR count). The monoisotopic (exact) mass is 138 g/mol. The minimum atomic E-state index is 0.214. The van der Waals surface area contributed by atoms with Gasteiger partial charge in [0.25, 0.3) is 0 Å². The fourth-order valence-corrected chi connectivity index (χ4v) is 1.63. The van der Waals surface area contributed by atoms with Crippen LogP contribution in [0.15, 0.2) is 0 Å². The molecular formula is C10H18. The van der Waals surface area contributed by atoms with Gasteiger partial charge in [0.2, 0.25) is 0 Å². The minimum Gasteiger partial charge on any atom is -0.0591 e. The maximum absolute atomic E-state index is 4.22. The van der Waals surface area contributed by atoms with Crippen LogP contribution in [0.4, 0.5) is 0 Å². The summed E-state index contributed by atoms with van der Waals surface area (Å²) in [4.78, 5) is 0. The molecule has 0 aromatic rings. The van der Waals surface area contributed by atoms with Crippen molar-refractivity contribution >= 4 is 0 Å². The Morgan fingerprint density at radius 2 is 1.20 bits per heavy atom. The van der Waals surface area contributed by atoms with Crippen molar-refractivity contribution in [2.45, 2.75) is 39.5 Å². The van der Waals surface area contributed by atoms with Crippen LogP contribution in [0.1, 0.15) is 39.5 Å². The largest absolute Gasteiger partial charge is 0.0591 e. The predicted octanol–water partition coefficient (Wildman–Crippen LogP) is 3.24. The molecule has 0 saturated heterocycles. The molecule has 0 aromatic heterocycles. The van der Waals surface area contributed by atoms with E-state index in [2.05, 4.69) is 27.7 Å². The van der Waals surface area contributed by atoms with E-state index in [1.165, 1.54) is 25.7 Å². The molecule has 0 aliphatic heterocycles. The molecule has 0 heterocycles. The molecule has 1 aliphatic carbocycles. The standard InChI is InChI=1S/C10H18/c1-9(2)7-5-6-8-10(9,3)4/h1,3,5-8H2,2,4H3. The molecule has 0 nitrogen and oxygen atoms in total. The van der Waals surface area contributed by atoms with Crippen molar-refractivity contribution < 1.29 is 0 Å². The molecule has 2 radical (unpaired) electrons. The van der Waals surface area contributed by atoms with Gasteiger partial charge < -0.3 is 0 Å². The van der Waals surface area contributed by atoms with Crippen molar-refractivity contribution in [3.8, 4) is 0 Å². The summed E-state index contributed by atoms with van der Waals surface area (Å²) in [5, 5.41) is 0. The summed E-state index contributed by atoms with van der Waals surface area (Å²) >= 11 is 0. The molecule has 1 saturated carbocycles. The number of hydrogen-bond donors (Lipinski definition) is 0. The first kappa shape index (κ1) is 8.10. The lowest BCUT2D eigenvalue weighted by Gasteiger charge is -2.45. The third kappa shape index (κ3) is 1.21. The Labute approximate surface area is 65.0 Å².